The van der Waals surface area contributed by atoms with Crippen LogP contribution in [0.2, 0.25) is 0 Å². The van der Waals surface area contributed by atoms with Gasteiger partial charge in [0.25, 0.3) is 0 Å². The average molecular weight is 377 g/mol. The van der Waals surface area contributed by atoms with Gasteiger partial charge in [-0.3, -0.25) is 9.36 Å². The van der Waals surface area contributed by atoms with Crippen LogP contribution in [0.5, 0.6) is 0 Å². The third kappa shape index (κ3) is 3.91. The summed E-state index contributed by atoms with van der Waals surface area (Å²) in [6, 6.07) is -0.686. The van der Waals surface area contributed by atoms with E-state index in [0.29, 0.717) is 44.7 Å². The van der Waals surface area contributed by atoms with Gasteiger partial charge >= 0.3 is 12.1 Å². The van der Waals surface area contributed by atoms with Gasteiger partial charge in [-0.25, -0.2) is 14.6 Å². The summed E-state index contributed by atoms with van der Waals surface area (Å²) in [5.74, 6) is 0.724. The minimum Gasteiger partial charge on any atom is -0.465 e. The lowest BCUT2D eigenvalue weighted by Gasteiger charge is -2.37. The molecule has 1 aromatic rings. The molecule has 0 bridgehead atoms. The lowest BCUT2D eigenvalue weighted by Crippen LogP contribution is -2.53. The van der Waals surface area contributed by atoms with Crippen molar-refractivity contribution in [3.8, 4) is 0 Å². The zero-order chi connectivity index (χ0) is 19.7. The quantitative estimate of drug-likeness (QED) is 0.811. The second-order valence-electron chi connectivity index (χ2n) is 7.73. The molecular formula is C18H27N5O4. The number of imidazole rings is 1. The van der Waals surface area contributed by atoms with Crippen LogP contribution in [0.1, 0.15) is 44.6 Å². The van der Waals surface area contributed by atoms with Gasteiger partial charge in [0.2, 0.25) is 5.91 Å². The molecule has 2 aliphatic heterocycles. The van der Waals surface area contributed by atoms with Gasteiger partial charge in [0.1, 0.15) is 11.9 Å². The number of carbonyl (C=O) groups is 3. The number of nitrogens with one attached hydrogen (secondary N) is 1. The molecule has 9 nitrogen and oxygen atoms in total. The molecule has 3 amide bonds. The molecule has 9 heteroatoms. The van der Waals surface area contributed by atoms with Crippen LogP contribution in [-0.2, 0) is 11.3 Å². The number of carbonyl (C=O) groups excluding carboxylic acids is 2. The maximum atomic E-state index is 12.8. The van der Waals surface area contributed by atoms with E-state index in [0.717, 1.165) is 5.69 Å². The molecule has 0 spiro atoms. The Balaban J connectivity index is 1.59. The Morgan fingerprint density at radius 3 is 2.56 bits per heavy atom. The minimum atomic E-state index is -1.18. The first kappa shape index (κ1) is 19.2. The lowest BCUT2D eigenvalue weighted by molar-refractivity contribution is -0.135. The standard InChI is InChI=1S/C18H27N5O4/c1-11(2)8-15(20-17(25)26)16(24)21-6-4-13(5-7-21)22-10-14-9-19-12(3)23(14)18(22)27/h9,11,13,15,20H,4-8,10H2,1-3H3,(H,25,26)/t15-/m1/s1. The van der Waals surface area contributed by atoms with Crippen molar-refractivity contribution in [2.75, 3.05) is 13.1 Å². The van der Waals surface area contributed by atoms with Crippen molar-refractivity contribution in [2.45, 2.75) is 58.7 Å². The Bertz CT molecular complexity index is 736. The molecule has 3 rings (SSSR count). The largest absolute Gasteiger partial charge is 0.465 e. The van der Waals surface area contributed by atoms with E-state index in [1.54, 1.807) is 15.7 Å². The second kappa shape index (κ2) is 7.58. The Hall–Kier alpha value is -2.58. The summed E-state index contributed by atoms with van der Waals surface area (Å²) in [5.41, 5.74) is 0.902. The number of piperidine rings is 1. The molecule has 0 radical (unpaired) electrons. The van der Waals surface area contributed by atoms with Crippen LogP contribution in [0.15, 0.2) is 6.20 Å². The van der Waals surface area contributed by atoms with Crippen LogP contribution in [0, 0.1) is 12.8 Å². The molecule has 1 aromatic heterocycles. The van der Waals surface area contributed by atoms with Gasteiger partial charge < -0.3 is 20.2 Å². The first-order valence-corrected chi connectivity index (χ1v) is 9.40. The van der Waals surface area contributed by atoms with Crippen molar-refractivity contribution in [1.82, 2.24) is 24.7 Å². The Kier molecular flexibility index (Phi) is 5.38. The van der Waals surface area contributed by atoms with E-state index in [4.69, 9.17) is 5.11 Å². The van der Waals surface area contributed by atoms with Crippen LogP contribution < -0.4 is 5.32 Å². The molecule has 1 atom stereocenters. The molecule has 3 heterocycles. The smallest absolute Gasteiger partial charge is 0.405 e. The fraction of sp³-hybridized carbons (Fsp3) is 0.667. The Morgan fingerprint density at radius 2 is 2.00 bits per heavy atom. The fourth-order valence-corrected chi connectivity index (χ4v) is 3.98. The summed E-state index contributed by atoms with van der Waals surface area (Å²) in [6.07, 6.45) is 2.40. The van der Waals surface area contributed by atoms with Crippen LogP contribution in [0.3, 0.4) is 0 Å². The number of nitrogens with zero attached hydrogens (tertiary/aromatic N) is 4. The van der Waals surface area contributed by atoms with Crippen LogP contribution >= 0.6 is 0 Å². The van der Waals surface area contributed by atoms with Gasteiger partial charge in [-0.2, -0.15) is 0 Å². The maximum Gasteiger partial charge on any atom is 0.405 e. The number of fused-ring (bicyclic) bond motifs is 1. The number of likely N-dealkylation sites (tertiary alicyclic amines) is 1. The summed E-state index contributed by atoms with van der Waals surface area (Å²) < 4.78 is 1.65. The van der Waals surface area contributed by atoms with Crippen molar-refractivity contribution >= 4 is 18.0 Å². The molecule has 0 aliphatic carbocycles. The zero-order valence-corrected chi connectivity index (χ0v) is 16.0. The van der Waals surface area contributed by atoms with E-state index in [2.05, 4.69) is 10.3 Å². The predicted molar refractivity (Wildman–Crippen MR) is 97.3 cm³/mol. The SMILES string of the molecule is Cc1ncc2n1C(=O)N(C1CCN(C(=O)[C@@H](CC(C)C)NC(=O)O)CC1)C2. The van der Waals surface area contributed by atoms with Gasteiger partial charge in [0, 0.05) is 19.1 Å². The van der Waals surface area contributed by atoms with Crippen molar-refractivity contribution in [1.29, 1.82) is 0 Å². The van der Waals surface area contributed by atoms with E-state index < -0.39 is 12.1 Å². The molecule has 2 aliphatic rings. The average Bonchev–Trinajstić information content (AvgIpc) is 3.13. The summed E-state index contributed by atoms with van der Waals surface area (Å²) in [7, 11) is 0. The maximum absolute atomic E-state index is 12.8. The highest BCUT2D eigenvalue weighted by atomic mass is 16.4. The van der Waals surface area contributed by atoms with E-state index in [9.17, 15) is 14.4 Å². The van der Waals surface area contributed by atoms with Crippen LogP contribution in [0.25, 0.3) is 0 Å². The number of amides is 3. The highest BCUT2D eigenvalue weighted by molar-refractivity contribution is 5.85. The second-order valence-corrected chi connectivity index (χ2v) is 7.73. The zero-order valence-electron chi connectivity index (χ0n) is 16.0. The summed E-state index contributed by atoms with van der Waals surface area (Å²) in [5, 5.41) is 11.4. The first-order valence-electron chi connectivity index (χ1n) is 9.40. The van der Waals surface area contributed by atoms with Crippen molar-refractivity contribution in [3.05, 3.63) is 17.7 Å². The first-order chi connectivity index (χ1) is 12.8. The van der Waals surface area contributed by atoms with Gasteiger partial charge in [0.05, 0.1) is 18.4 Å². The van der Waals surface area contributed by atoms with Crippen LogP contribution in [-0.4, -0.2) is 67.7 Å². The third-order valence-electron chi connectivity index (χ3n) is 5.30. The minimum absolute atomic E-state index is 0.0463. The van der Waals surface area contributed by atoms with Gasteiger partial charge in [-0.05, 0) is 32.1 Å². The summed E-state index contributed by atoms with van der Waals surface area (Å²) in [4.78, 5) is 44.2. The number of aromatic nitrogens is 2. The van der Waals surface area contributed by atoms with Crippen molar-refractivity contribution < 1.29 is 19.5 Å². The topological polar surface area (TPSA) is 108 Å². The lowest BCUT2D eigenvalue weighted by atomic mass is 9.99. The third-order valence-corrected chi connectivity index (χ3v) is 5.30. The molecule has 0 saturated carbocycles. The van der Waals surface area contributed by atoms with E-state index >= 15 is 0 Å². The molecule has 2 N–H and O–H groups in total. The molecule has 27 heavy (non-hydrogen) atoms. The molecule has 0 unspecified atom stereocenters. The van der Waals surface area contributed by atoms with Crippen LogP contribution in [0.4, 0.5) is 9.59 Å². The summed E-state index contributed by atoms with van der Waals surface area (Å²) in [6.45, 7) is 7.33. The molecule has 1 fully saturated rings. The highest BCUT2D eigenvalue weighted by Gasteiger charge is 2.37. The van der Waals surface area contributed by atoms with Crippen molar-refractivity contribution in [3.63, 3.8) is 0 Å². The van der Waals surface area contributed by atoms with Crippen molar-refractivity contribution in [2.24, 2.45) is 5.92 Å². The van der Waals surface area contributed by atoms with Gasteiger partial charge in [-0.15, -0.1) is 0 Å². The highest BCUT2D eigenvalue weighted by Crippen LogP contribution is 2.26. The monoisotopic (exact) mass is 377 g/mol. The van der Waals surface area contributed by atoms with Gasteiger partial charge in [0.15, 0.2) is 0 Å². The summed E-state index contributed by atoms with van der Waals surface area (Å²) >= 11 is 0. The molecule has 148 valence electrons. The Labute approximate surface area is 158 Å². The fourth-order valence-electron chi connectivity index (χ4n) is 3.98. The number of aryl methyl sites for hydroxylation is 1. The predicted octanol–water partition coefficient (Wildman–Crippen LogP) is 1.65. The molecule has 1 saturated heterocycles. The normalized spacial score (nSPS) is 18.7. The van der Waals surface area contributed by atoms with E-state index in [-0.39, 0.29) is 23.9 Å². The number of carboxylic acid groups (broad SMARTS) is 1. The van der Waals surface area contributed by atoms with E-state index in [1.807, 2.05) is 25.7 Å². The number of rotatable bonds is 5. The molecule has 0 aromatic carbocycles. The van der Waals surface area contributed by atoms with E-state index in [1.165, 1.54) is 0 Å². The Morgan fingerprint density at radius 1 is 1.33 bits per heavy atom. The number of hydrogen-bond donors (Lipinski definition) is 2. The number of hydrogen-bond acceptors (Lipinski definition) is 4. The molecular weight excluding hydrogens is 350 g/mol. The van der Waals surface area contributed by atoms with Gasteiger partial charge in [-0.1, -0.05) is 13.8 Å².